The van der Waals surface area contributed by atoms with E-state index in [1.54, 1.807) is 0 Å². The zero-order chi connectivity index (χ0) is 17.5. The van der Waals surface area contributed by atoms with Gasteiger partial charge in [0.1, 0.15) is 0 Å². The van der Waals surface area contributed by atoms with Gasteiger partial charge < -0.3 is 5.32 Å². The molecule has 0 spiro atoms. The molecule has 1 aromatic heterocycles. The third kappa shape index (κ3) is 4.69. The molecule has 0 unspecified atom stereocenters. The standard InChI is InChI=1S/C19H24N4O/c1-14-6-4-7-17(12-14)13-21-19(24)9-8-18-15(2)22-23(16(18)3)11-5-10-20/h4,6-7,12H,5,8-9,11,13H2,1-3H3,(H,21,24). The molecule has 0 aliphatic heterocycles. The Morgan fingerprint density at radius 1 is 1.33 bits per heavy atom. The summed E-state index contributed by atoms with van der Waals surface area (Å²) in [6.45, 7) is 7.15. The summed E-state index contributed by atoms with van der Waals surface area (Å²) >= 11 is 0. The van der Waals surface area contributed by atoms with E-state index >= 15 is 0 Å². The van der Waals surface area contributed by atoms with Crippen LogP contribution >= 0.6 is 0 Å². The Hall–Kier alpha value is -2.61. The van der Waals surface area contributed by atoms with Crippen molar-refractivity contribution < 1.29 is 4.79 Å². The third-order valence-corrected chi connectivity index (χ3v) is 4.14. The minimum absolute atomic E-state index is 0.0417. The van der Waals surface area contributed by atoms with Gasteiger partial charge in [-0.25, -0.2) is 0 Å². The second-order valence-electron chi connectivity index (χ2n) is 6.05. The molecule has 1 N–H and O–H groups in total. The lowest BCUT2D eigenvalue weighted by atomic mass is 10.1. The second kappa shape index (κ2) is 8.30. The molecule has 0 radical (unpaired) electrons. The first kappa shape index (κ1) is 17.7. The average Bonchev–Trinajstić information content (AvgIpc) is 2.83. The number of carbonyl (C=O) groups is 1. The summed E-state index contributed by atoms with van der Waals surface area (Å²) in [6.07, 6.45) is 1.56. The van der Waals surface area contributed by atoms with Crippen molar-refractivity contribution in [2.24, 2.45) is 0 Å². The molecule has 0 aliphatic rings. The first-order valence-electron chi connectivity index (χ1n) is 8.23. The maximum absolute atomic E-state index is 12.1. The molecule has 1 aromatic carbocycles. The van der Waals surface area contributed by atoms with Crippen LogP contribution in [-0.4, -0.2) is 15.7 Å². The van der Waals surface area contributed by atoms with Gasteiger partial charge in [0, 0.05) is 18.7 Å². The molecule has 1 amide bonds. The van der Waals surface area contributed by atoms with Crippen LogP contribution in [-0.2, 0) is 24.3 Å². The maximum Gasteiger partial charge on any atom is 0.220 e. The van der Waals surface area contributed by atoms with Crippen LogP contribution in [0, 0.1) is 32.1 Å². The number of hydrogen-bond acceptors (Lipinski definition) is 3. The third-order valence-electron chi connectivity index (χ3n) is 4.14. The molecule has 0 fully saturated rings. The summed E-state index contributed by atoms with van der Waals surface area (Å²) < 4.78 is 1.86. The van der Waals surface area contributed by atoms with Gasteiger partial charge in [-0.05, 0) is 38.3 Å². The lowest BCUT2D eigenvalue weighted by molar-refractivity contribution is -0.121. The summed E-state index contributed by atoms with van der Waals surface area (Å²) in [5.41, 5.74) is 5.41. The fourth-order valence-electron chi connectivity index (χ4n) is 2.82. The summed E-state index contributed by atoms with van der Waals surface area (Å²) in [4.78, 5) is 12.1. The Morgan fingerprint density at radius 3 is 2.83 bits per heavy atom. The highest BCUT2D eigenvalue weighted by atomic mass is 16.1. The molecule has 5 nitrogen and oxygen atoms in total. The number of nitrogens with zero attached hydrogens (tertiary/aromatic N) is 3. The summed E-state index contributed by atoms with van der Waals surface area (Å²) in [6, 6.07) is 10.3. The Balaban J connectivity index is 1.87. The molecule has 1 heterocycles. The van der Waals surface area contributed by atoms with Crippen LogP contribution in [0.4, 0.5) is 0 Å². The number of benzene rings is 1. The van der Waals surface area contributed by atoms with E-state index in [0.29, 0.717) is 32.4 Å². The monoisotopic (exact) mass is 324 g/mol. The van der Waals surface area contributed by atoms with Crippen LogP contribution in [0.15, 0.2) is 24.3 Å². The van der Waals surface area contributed by atoms with E-state index < -0.39 is 0 Å². The van der Waals surface area contributed by atoms with Gasteiger partial charge in [-0.2, -0.15) is 10.4 Å². The summed E-state index contributed by atoms with van der Waals surface area (Å²) in [7, 11) is 0. The topological polar surface area (TPSA) is 70.7 Å². The summed E-state index contributed by atoms with van der Waals surface area (Å²) in [5.74, 6) is 0.0417. The van der Waals surface area contributed by atoms with E-state index in [4.69, 9.17) is 5.26 Å². The van der Waals surface area contributed by atoms with Crippen LogP contribution in [0.3, 0.4) is 0 Å². The van der Waals surface area contributed by atoms with Gasteiger partial charge in [-0.3, -0.25) is 9.48 Å². The quantitative estimate of drug-likeness (QED) is 0.851. The minimum atomic E-state index is 0.0417. The van der Waals surface area contributed by atoms with Crippen molar-refractivity contribution in [2.45, 2.75) is 53.1 Å². The number of aromatic nitrogens is 2. The van der Waals surface area contributed by atoms with E-state index in [9.17, 15) is 4.79 Å². The lowest BCUT2D eigenvalue weighted by Crippen LogP contribution is -2.23. The molecule has 126 valence electrons. The highest BCUT2D eigenvalue weighted by Crippen LogP contribution is 2.15. The maximum atomic E-state index is 12.1. The van der Waals surface area contributed by atoms with Crippen LogP contribution in [0.5, 0.6) is 0 Å². The molecule has 0 saturated heterocycles. The van der Waals surface area contributed by atoms with E-state index in [1.165, 1.54) is 5.56 Å². The predicted octanol–water partition coefficient (Wildman–Crippen LogP) is 2.97. The SMILES string of the molecule is Cc1cccc(CNC(=O)CCc2c(C)nn(CCC#N)c2C)c1. The van der Waals surface area contributed by atoms with Crippen molar-refractivity contribution in [1.29, 1.82) is 5.26 Å². The Labute approximate surface area is 143 Å². The fraction of sp³-hybridized carbons (Fsp3) is 0.421. The molecular weight excluding hydrogens is 300 g/mol. The normalized spacial score (nSPS) is 10.4. The Morgan fingerprint density at radius 2 is 2.12 bits per heavy atom. The molecule has 5 heteroatoms. The predicted molar refractivity (Wildman–Crippen MR) is 93.3 cm³/mol. The van der Waals surface area contributed by atoms with Crippen molar-refractivity contribution in [2.75, 3.05) is 0 Å². The van der Waals surface area contributed by atoms with Gasteiger partial charge in [0.05, 0.1) is 24.7 Å². The van der Waals surface area contributed by atoms with Gasteiger partial charge in [0.25, 0.3) is 0 Å². The number of amides is 1. The first-order valence-corrected chi connectivity index (χ1v) is 8.23. The van der Waals surface area contributed by atoms with E-state index in [-0.39, 0.29) is 5.91 Å². The van der Waals surface area contributed by atoms with Crippen LogP contribution in [0.25, 0.3) is 0 Å². The van der Waals surface area contributed by atoms with E-state index in [1.807, 2.05) is 43.7 Å². The van der Waals surface area contributed by atoms with Gasteiger partial charge in [0.15, 0.2) is 0 Å². The largest absolute Gasteiger partial charge is 0.352 e. The van der Waals surface area contributed by atoms with Crippen molar-refractivity contribution in [3.8, 4) is 6.07 Å². The van der Waals surface area contributed by atoms with E-state index in [0.717, 1.165) is 22.5 Å². The smallest absolute Gasteiger partial charge is 0.220 e. The first-order chi connectivity index (χ1) is 11.5. The average molecular weight is 324 g/mol. The molecule has 24 heavy (non-hydrogen) atoms. The van der Waals surface area contributed by atoms with Crippen LogP contribution in [0.2, 0.25) is 0 Å². The minimum Gasteiger partial charge on any atom is -0.352 e. The lowest BCUT2D eigenvalue weighted by Gasteiger charge is -2.07. The van der Waals surface area contributed by atoms with Gasteiger partial charge in [0.2, 0.25) is 5.91 Å². The number of aryl methyl sites for hydroxylation is 3. The van der Waals surface area contributed by atoms with Crippen molar-refractivity contribution in [1.82, 2.24) is 15.1 Å². The molecule has 0 atom stereocenters. The summed E-state index contributed by atoms with van der Waals surface area (Å²) in [5, 5.41) is 16.1. The van der Waals surface area contributed by atoms with Crippen molar-refractivity contribution >= 4 is 5.91 Å². The Bertz CT molecular complexity index is 755. The molecule has 2 rings (SSSR count). The van der Waals surface area contributed by atoms with Crippen LogP contribution in [0.1, 0.15) is 40.9 Å². The number of nitriles is 1. The molecule has 2 aromatic rings. The molecular formula is C19H24N4O. The number of nitrogens with one attached hydrogen (secondary N) is 1. The molecule has 0 bridgehead atoms. The number of hydrogen-bond donors (Lipinski definition) is 1. The van der Waals surface area contributed by atoms with Gasteiger partial charge >= 0.3 is 0 Å². The zero-order valence-electron chi connectivity index (χ0n) is 14.6. The highest BCUT2D eigenvalue weighted by molar-refractivity contribution is 5.76. The van der Waals surface area contributed by atoms with Crippen molar-refractivity contribution in [3.05, 3.63) is 52.3 Å². The van der Waals surface area contributed by atoms with Gasteiger partial charge in [-0.15, -0.1) is 0 Å². The van der Waals surface area contributed by atoms with Crippen molar-refractivity contribution in [3.63, 3.8) is 0 Å². The van der Waals surface area contributed by atoms with Crippen LogP contribution < -0.4 is 5.32 Å². The fourth-order valence-corrected chi connectivity index (χ4v) is 2.82. The second-order valence-corrected chi connectivity index (χ2v) is 6.05. The molecule has 0 aliphatic carbocycles. The highest BCUT2D eigenvalue weighted by Gasteiger charge is 2.12. The number of carbonyl (C=O) groups excluding carboxylic acids is 1. The number of rotatable bonds is 7. The van der Waals surface area contributed by atoms with E-state index in [2.05, 4.69) is 22.6 Å². The zero-order valence-corrected chi connectivity index (χ0v) is 14.6. The Kier molecular flexibility index (Phi) is 6.14. The molecule has 0 saturated carbocycles. The van der Waals surface area contributed by atoms with Gasteiger partial charge in [-0.1, -0.05) is 29.8 Å².